The van der Waals surface area contributed by atoms with Gasteiger partial charge in [0.1, 0.15) is 18.7 Å². The van der Waals surface area contributed by atoms with Crippen LogP contribution in [0.1, 0.15) is 117 Å². The van der Waals surface area contributed by atoms with Gasteiger partial charge in [-0.2, -0.15) is 0 Å². The van der Waals surface area contributed by atoms with Crippen molar-refractivity contribution in [2.45, 2.75) is 131 Å². The highest BCUT2D eigenvalue weighted by molar-refractivity contribution is 7.13. The van der Waals surface area contributed by atoms with E-state index in [0.29, 0.717) is 37.0 Å². The van der Waals surface area contributed by atoms with Crippen molar-refractivity contribution in [2.24, 2.45) is 5.41 Å². The number of β-amino-alcohol motifs (C(OH)–C–C–N with tert-alkyl or cyclic N) is 1. The largest absolute Gasteiger partial charge is 0.391 e. The number of aromatic nitrogens is 2. The Labute approximate surface area is 475 Å². The van der Waals surface area contributed by atoms with Crippen molar-refractivity contribution in [3.63, 3.8) is 0 Å². The van der Waals surface area contributed by atoms with Gasteiger partial charge in [0.2, 0.25) is 17.7 Å². The fraction of sp³-hybridized carbons (Fsp3) is 0.516. The molecule has 17 nitrogen and oxygen atoms in total. The molecule has 5 heterocycles. The summed E-state index contributed by atoms with van der Waals surface area (Å²) in [7, 11) is 0. The number of carbonyl (C=O) groups excluding carboxylic acids is 4. The number of piperazine rings is 1. The molecule has 5 N–H and O–H groups in total. The van der Waals surface area contributed by atoms with Crippen LogP contribution < -0.4 is 31.3 Å². The highest BCUT2D eigenvalue weighted by Crippen LogP contribution is 2.36. The van der Waals surface area contributed by atoms with Crippen molar-refractivity contribution in [3.8, 4) is 21.6 Å². The minimum Gasteiger partial charge on any atom is -0.391 e. The maximum atomic E-state index is 14.2. The zero-order valence-electron chi connectivity index (χ0n) is 48.3. The molecule has 4 atom stereocenters. The molecule has 3 saturated heterocycles. The topological polar surface area (TPSA) is 202 Å². The molecule has 3 aliphatic rings. The van der Waals surface area contributed by atoms with Gasteiger partial charge in [0, 0.05) is 106 Å². The molecule has 8 rings (SSSR count). The number of pyridine rings is 1. The smallest absolute Gasteiger partial charge is 0.253 e. The number of aryl methyl sites for hydroxylation is 3. The molecule has 5 aromatic rings. The van der Waals surface area contributed by atoms with Crippen LogP contribution in [-0.4, -0.2) is 145 Å². The number of aliphatic hydroxyl groups excluding tert-OH is 1. The summed E-state index contributed by atoms with van der Waals surface area (Å²) in [6.45, 7) is 24.4. The number of benzene rings is 3. The number of thiazole rings is 1. The quantitative estimate of drug-likeness (QED) is 0.0451. The number of anilines is 2. The summed E-state index contributed by atoms with van der Waals surface area (Å²) in [5, 5.41) is 19.7. The minimum absolute atomic E-state index is 0.00591. The number of ether oxygens (including phenoxy) is 2. The number of hydrogen-bond donors (Lipinski definition) is 5. The molecular formula is C62H83N9O8S. The fourth-order valence-electron chi connectivity index (χ4n) is 11.4. The molecule has 0 unspecified atom stereocenters. The van der Waals surface area contributed by atoms with Crippen LogP contribution in [0.4, 0.5) is 11.4 Å². The lowest BCUT2D eigenvalue weighted by molar-refractivity contribution is -0.144. The lowest BCUT2D eigenvalue weighted by atomic mass is 9.85. The van der Waals surface area contributed by atoms with E-state index in [1.807, 2.05) is 97.3 Å². The molecule has 80 heavy (non-hydrogen) atoms. The minimum atomic E-state index is -0.945. The van der Waals surface area contributed by atoms with Crippen molar-refractivity contribution >= 4 is 46.3 Å². The van der Waals surface area contributed by atoms with Crippen LogP contribution in [0.2, 0.25) is 0 Å². The van der Waals surface area contributed by atoms with E-state index in [4.69, 9.17) is 9.47 Å². The Balaban J connectivity index is 0.791. The second kappa shape index (κ2) is 26.9. The molecule has 3 fully saturated rings. The number of likely N-dealkylation sites (tertiary alicyclic amines) is 1. The monoisotopic (exact) mass is 1110 g/mol. The van der Waals surface area contributed by atoms with Crippen LogP contribution in [0.3, 0.4) is 0 Å². The molecule has 0 aliphatic carbocycles. The number of rotatable bonds is 21. The Bertz CT molecular complexity index is 2990. The second-order valence-corrected chi connectivity index (χ2v) is 23.8. The van der Waals surface area contributed by atoms with Crippen molar-refractivity contribution in [1.29, 1.82) is 0 Å². The zero-order valence-corrected chi connectivity index (χ0v) is 49.1. The van der Waals surface area contributed by atoms with Crippen LogP contribution in [0.25, 0.3) is 21.6 Å². The van der Waals surface area contributed by atoms with Gasteiger partial charge in [0.25, 0.3) is 11.5 Å². The normalized spacial score (nSPS) is 18.0. The molecular weight excluding hydrogens is 1030 g/mol. The summed E-state index contributed by atoms with van der Waals surface area (Å²) in [6, 6.07) is 20.8. The SMILES string of the molecule is CCN(c1cc(-c2ccc(N3CCN(CCCCOCC(=O)N[C@H](C(=O)N4C[C@H](O)C[C@H]4C(=O)N[C@@H](C)c4ccc(-c5scnc5C)cc4)C(C)(C)C)CC3)cc2)cc(C(=O)NCc2c(C)cc(C)[nH]c2=O)c1C)C1CCOCC1. The molecule has 0 spiro atoms. The van der Waals surface area contributed by atoms with E-state index in [1.54, 1.807) is 11.3 Å². The number of hydrogen-bond acceptors (Lipinski definition) is 13. The van der Waals surface area contributed by atoms with Crippen molar-refractivity contribution in [2.75, 3.05) is 82.0 Å². The Hall–Kier alpha value is -6.44. The van der Waals surface area contributed by atoms with E-state index < -0.39 is 35.4 Å². The number of carbonyl (C=O) groups is 4. The standard InChI is InChI=1S/C62H83N9O8S/c1-10-70(49-21-29-78-30-22-49)53-33-47(32-51(41(53)4)58(74)63-35-52-39(2)31-40(3)65-59(52)75)45-17-19-48(20-18-45)69-26-24-68(25-27-69)23-11-12-28-79-37-55(73)67-57(62(7,8)9)61(77)71-36-50(72)34-54(71)60(76)66-42(5)44-13-15-46(16-14-44)56-43(6)64-38-80-56/h13-20,31-33,38,42,49-50,54,57,72H,10-12,21-30,34-37H2,1-9H3,(H,63,74)(H,65,75)(H,66,76)(H,67,73)/t42-,50+,54-,57+/m0/s1. The van der Waals surface area contributed by atoms with Crippen LogP contribution in [0.5, 0.6) is 0 Å². The average Bonchev–Trinajstić information content (AvgIpc) is 4.09. The summed E-state index contributed by atoms with van der Waals surface area (Å²) in [6.07, 6.45) is 2.75. The summed E-state index contributed by atoms with van der Waals surface area (Å²) < 4.78 is 11.5. The van der Waals surface area contributed by atoms with Gasteiger partial charge in [0.15, 0.2) is 0 Å². The van der Waals surface area contributed by atoms with Gasteiger partial charge in [-0.25, -0.2) is 4.98 Å². The van der Waals surface area contributed by atoms with Crippen molar-refractivity contribution < 1.29 is 33.8 Å². The molecule has 0 bridgehead atoms. The van der Waals surface area contributed by atoms with Gasteiger partial charge >= 0.3 is 0 Å². The number of nitrogens with one attached hydrogen (secondary N) is 4. The lowest BCUT2D eigenvalue weighted by Gasteiger charge is -2.37. The van der Waals surface area contributed by atoms with Crippen LogP contribution in [0.15, 0.2) is 77.0 Å². The maximum absolute atomic E-state index is 14.2. The van der Waals surface area contributed by atoms with E-state index in [-0.39, 0.29) is 49.5 Å². The first-order valence-electron chi connectivity index (χ1n) is 28.5. The highest BCUT2D eigenvalue weighted by atomic mass is 32.1. The molecule has 3 aliphatic heterocycles. The predicted octanol–water partition coefficient (Wildman–Crippen LogP) is 7.62. The van der Waals surface area contributed by atoms with Gasteiger partial charge in [-0.3, -0.25) is 28.9 Å². The first-order valence-corrected chi connectivity index (χ1v) is 29.4. The lowest BCUT2D eigenvalue weighted by Crippen LogP contribution is -2.58. The summed E-state index contributed by atoms with van der Waals surface area (Å²) >= 11 is 1.58. The van der Waals surface area contributed by atoms with E-state index >= 15 is 0 Å². The molecule has 3 aromatic carbocycles. The molecule has 0 saturated carbocycles. The predicted molar refractivity (Wildman–Crippen MR) is 316 cm³/mol. The van der Waals surface area contributed by atoms with Gasteiger partial charge in [-0.1, -0.05) is 57.2 Å². The Morgan fingerprint density at radius 1 is 0.912 bits per heavy atom. The van der Waals surface area contributed by atoms with E-state index in [2.05, 4.69) is 77.9 Å². The van der Waals surface area contributed by atoms with E-state index in [1.165, 1.54) is 4.90 Å². The van der Waals surface area contributed by atoms with Crippen molar-refractivity contribution in [1.82, 2.24) is 35.7 Å². The molecule has 4 amide bonds. The number of aromatic amines is 1. The Morgan fingerprint density at radius 3 is 2.26 bits per heavy atom. The third-order valence-corrected chi connectivity index (χ3v) is 17.0. The van der Waals surface area contributed by atoms with Gasteiger partial charge < -0.3 is 50.2 Å². The Morgan fingerprint density at radius 2 is 1.61 bits per heavy atom. The molecule has 18 heteroatoms. The summed E-state index contributed by atoms with van der Waals surface area (Å²) in [4.78, 5) is 85.1. The number of unbranched alkanes of at least 4 members (excludes halogenated alkanes) is 1. The highest BCUT2D eigenvalue weighted by Gasteiger charge is 2.45. The first kappa shape index (κ1) is 59.7. The molecule has 0 radical (unpaired) electrons. The second-order valence-electron chi connectivity index (χ2n) is 22.9. The number of amides is 4. The number of aliphatic hydroxyl groups is 1. The van der Waals surface area contributed by atoms with Crippen LogP contribution in [0, 0.1) is 33.1 Å². The first-order chi connectivity index (χ1) is 38.3. The zero-order chi connectivity index (χ0) is 57.3. The molecule has 2 aromatic heterocycles. The van der Waals surface area contributed by atoms with Crippen LogP contribution in [-0.2, 0) is 30.4 Å². The van der Waals surface area contributed by atoms with E-state index in [9.17, 15) is 29.1 Å². The van der Waals surface area contributed by atoms with Crippen LogP contribution >= 0.6 is 11.3 Å². The van der Waals surface area contributed by atoms with Gasteiger partial charge in [-0.05, 0) is 143 Å². The fourth-order valence-corrected chi connectivity index (χ4v) is 12.2. The van der Waals surface area contributed by atoms with E-state index in [0.717, 1.165) is 126 Å². The number of H-pyrrole nitrogens is 1. The van der Waals surface area contributed by atoms with Gasteiger partial charge in [-0.15, -0.1) is 11.3 Å². The third-order valence-electron chi connectivity index (χ3n) is 16.1. The summed E-state index contributed by atoms with van der Waals surface area (Å²) in [5.74, 6) is -1.41. The Kier molecular flexibility index (Phi) is 20.1. The third kappa shape index (κ3) is 14.7. The number of nitrogens with zero attached hydrogens (tertiary/aromatic N) is 5. The summed E-state index contributed by atoms with van der Waals surface area (Å²) in [5.41, 5.74) is 11.7. The maximum Gasteiger partial charge on any atom is 0.253 e. The van der Waals surface area contributed by atoms with Gasteiger partial charge in [0.05, 0.1) is 28.2 Å². The molecule has 430 valence electrons. The van der Waals surface area contributed by atoms with Crippen molar-refractivity contribution in [3.05, 3.63) is 122 Å². The average molecular weight is 1110 g/mol.